The lowest BCUT2D eigenvalue weighted by Gasteiger charge is -2.16. The van der Waals surface area contributed by atoms with Gasteiger partial charge in [-0.1, -0.05) is 16.8 Å². The van der Waals surface area contributed by atoms with E-state index >= 15 is 0 Å². The number of anilines is 1. The van der Waals surface area contributed by atoms with Gasteiger partial charge in [0.1, 0.15) is 17.4 Å². The number of likely N-dealkylation sites (tertiary alicyclic amines) is 1. The maximum absolute atomic E-state index is 12.6. The lowest BCUT2D eigenvalue weighted by molar-refractivity contribution is -0.142. The Morgan fingerprint density at radius 2 is 2.07 bits per heavy atom. The summed E-state index contributed by atoms with van der Waals surface area (Å²) in [6.45, 7) is 1.09. The van der Waals surface area contributed by atoms with Gasteiger partial charge < -0.3 is 10.2 Å². The molecule has 0 bridgehead atoms. The highest BCUT2D eigenvalue weighted by molar-refractivity contribution is 6.45. The molecule has 144 valence electrons. The minimum atomic E-state index is -4.57. The van der Waals surface area contributed by atoms with Crippen LogP contribution in [0.25, 0.3) is 0 Å². The number of pyridine rings is 1. The molecule has 8 nitrogen and oxygen atoms in total. The molecule has 0 spiro atoms. The summed E-state index contributed by atoms with van der Waals surface area (Å²) >= 11 is 5.77. The Morgan fingerprint density at radius 3 is 2.67 bits per heavy atom. The van der Waals surface area contributed by atoms with E-state index in [1.165, 1.54) is 6.92 Å². The number of hydrogen-bond donors (Lipinski definition) is 1. The number of imide groups is 1. The average molecular weight is 405 g/mol. The number of nitrogens with one attached hydrogen (secondary N) is 1. The number of ketones is 1. The van der Waals surface area contributed by atoms with Crippen molar-refractivity contribution in [1.29, 1.82) is 0 Å². The Labute approximate surface area is 155 Å². The molecule has 0 aliphatic carbocycles. The molecule has 2 amide bonds. The third kappa shape index (κ3) is 3.46. The zero-order chi connectivity index (χ0) is 19.9. The quantitative estimate of drug-likeness (QED) is 0.746. The van der Waals surface area contributed by atoms with Crippen molar-refractivity contribution in [3.63, 3.8) is 0 Å². The van der Waals surface area contributed by atoms with Gasteiger partial charge >= 0.3 is 6.18 Å². The van der Waals surface area contributed by atoms with E-state index in [0.29, 0.717) is 6.20 Å². The zero-order valence-electron chi connectivity index (χ0n) is 13.7. The topological polar surface area (TPSA) is 101 Å². The number of nitrogens with zero attached hydrogens (tertiary/aromatic N) is 3. The summed E-state index contributed by atoms with van der Waals surface area (Å²) in [6.07, 6.45) is -5.12. The molecule has 2 atom stereocenters. The maximum atomic E-state index is 12.6. The third-order valence-corrected chi connectivity index (χ3v) is 4.35. The van der Waals surface area contributed by atoms with Gasteiger partial charge in [-0.05, 0) is 6.07 Å². The van der Waals surface area contributed by atoms with Gasteiger partial charge in [-0.25, -0.2) is 4.98 Å². The third-order valence-electron chi connectivity index (χ3n) is 4.06. The predicted octanol–water partition coefficient (Wildman–Crippen LogP) is 1.49. The second-order valence-electron chi connectivity index (χ2n) is 5.84. The van der Waals surface area contributed by atoms with Crippen molar-refractivity contribution in [2.75, 3.05) is 18.4 Å². The van der Waals surface area contributed by atoms with E-state index in [9.17, 15) is 27.6 Å². The molecule has 0 aromatic carbocycles. The number of alkyl halides is 3. The average Bonchev–Trinajstić information content (AvgIpc) is 3.11. The van der Waals surface area contributed by atoms with Crippen LogP contribution < -0.4 is 5.32 Å². The molecule has 3 heterocycles. The molecule has 0 radical (unpaired) electrons. The highest BCUT2D eigenvalue weighted by atomic mass is 35.5. The Morgan fingerprint density at radius 1 is 1.37 bits per heavy atom. The van der Waals surface area contributed by atoms with Gasteiger partial charge in [-0.15, -0.1) is 0 Å². The lowest BCUT2D eigenvalue weighted by Crippen LogP contribution is -2.37. The summed E-state index contributed by atoms with van der Waals surface area (Å²) in [6, 6.07) is 0.719. The van der Waals surface area contributed by atoms with Gasteiger partial charge in [0.05, 0.1) is 10.6 Å². The molecule has 1 aromatic heterocycles. The summed E-state index contributed by atoms with van der Waals surface area (Å²) in [5, 5.41) is 5.90. The Balaban J connectivity index is 1.63. The van der Waals surface area contributed by atoms with Crippen molar-refractivity contribution in [3.05, 3.63) is 22.8 Å². The van der Waals surface area contributed by atoms with Crippen LogP contribution in [0, 0.1) is 5.92 Å². The Kier molecular flexibility index (Phi) is 4.81. The van der Waals surface area contributed by atoms with Crippen molar-refractivity contribution in [2.24, 2.45) is 11.1 Å². The minimum Gasteiger partial charge on any atom is -0.381 e. The van der Waals surface area contributed by atoms with Crippen LogP contribution in [0.4, 0.5) is 19.0 Å². The molecule has 1 saturated heterocycles. The largest absolute Gasteiger partial charge is 0.417 e. The van der Waals surface area contributed by atoms with Crippen LogP contribution in [0.2, 0.25) is 5.02 Å². The molecular formula is C15H12ClF3N4O4. The highest BCUT2D eigenvalue weighted by Gasteiger charge is 2.56. The summed E-state index contributed by atoms with van der Waals surface area (Å²) in [4.78, 5) is 45.5. The summed E-state index contributed by atoms with van der Waals surface area (Å²) < 4.78 is 37.8. The number of halogens is 4. The van der Waals surface area contributed by atoms with Crippen LogP contribution in [-0.4, -0.2) is 52.4 Å². The standard InChI is InChI=1S/C15H12ClF3N4O4/c1-6(24)10-9-11(27-22-10)14(26)23(13(9)25)3-2-20-12-8(16)4-7(5-21-12)15(17,18)19/h4-5,9,11H,2-3H2,1H3,(H,20,21)/t9-,11-/m0/s1. The molecule has 2 aliphatic rings. The molecule has 27 heavy (non-hydrogen) atoms. The smallest absolute Gasteiger partial charge is 0.381 e. The van der Waals surface area contributed by atoms with E-state index in [1.807, 2.05) is 0 Å². The van der Waals surface area contributed by atoms with E-state index in [2.05, 4.69) is 15.5 Å². The second-order valence-corrected chi connectivity index (χ2v) is 6.25. The first-order valence-electron chi connectivity index (χ1n) is 7.67. The number of hydrogen-bond acceptors (Lipinski definition) is 7. The van der Waals surface area contributed by atoms with Gasteiger partial charge in [0, 0.05) is 26.2 Å². The fraction of sp³-hybridized carbons (Fsp3) is 0.400. The van der Waals surface area contributed by atoms with Crippen LogP contribution in [0.1, 0.15) is 12.5 Å². The summed E-state index contributed by atoms with van der Waals surface area (Å²) in [5.74, 6) is -2.82. The molecule has 0 saturated carbocycles. The first-order chi connectivity index (χ1) is 12.6. The molecule has 12 heteroatoms. The molecular weight excluding hydrogens is 393 g/mol. The van der Waals surface area contributed by atoms with Gasteiger partial charge in [0.2, 0.25) is 12.0 Å². The Bertz CT molecular complexity index is 858. The number of amides is 2. The van der Waals surface area contributed by atoms with Crippen molar-refractivity contribution >= 4 is 40.7 Å². The van der Waals surface area contributed by atoms with Crippen LogP contribution in [0.5, 0.6) is 0 Å². The van der Waals surface area contributed by atoms with Gasteiger partial charge in [0.15, 0.2) is 5.78 Å². The molecule has 1 aromatic rings. The van der Waals surface area contributed by atoms with Gasteiger partial charge in [0.25, 0.3) is 5.91 Å². The van der Waals surface area contributed by atoms with Gasteiger partial charge in [-0.2, -0.15) is 13.2 Å². The van der Waals surface area contributed by atoms with E-state index in [-0.39, 0.29) is 29.6 Å². The molecule has 3 rings (SSSR count). The number of aromatic nitrogens is 1. The molecule has 0 unspecified atom stereocenters. The first-order valence-corrected chi connectivity index (χ1v) is 8.05. The van der Waals surface area contributed by atoms with Crippen molar-refractivity contribution in [3.8, 4) is 0 Å². The molecule has 2 aliphatic heterocycles. The van der Waals surface area contributed by atoms with Crippen LogP contribution in [-0.2, 0) is 25.4 Å². The fourth-order valence-corrected chi connectivity index (χ4v) is 2.98. The number of carbonyl (C=O) groups excluding carboxylic acids is 3. The first kappa shape index (κ1) is 19.1. The molecule has 1 N–H and O–H groups in total. The van der Waals surface area contributed by atoms with E-state index < -0.39 is 41.4 Å². The summed E-state index contributed by atoms with van der Waals surface area (Å²) in [5.41, 5.74) is -1.11. The number of fused-ring (bicyclic) bond motifs is 1. The zero-order valence-corrected chi connectivity index (χ0v) is 14.5. The van der Waals surface area contributed by atoms with E-state index in [0.717, 1.165) is 11.0 Å². The predicted molar refractivity (Wildman–Crippen MR) is 85.9 cm³/mol. The van der Waals surface area contributed by atoms with Crippen molar-refractivity contribution < 1.29 is 32.4 Å². The number of rotatable bonds is 5. The Hall–Kier alpha value is -2.69. The SMILES string of the molecule is CC(=O)C1=NO[C@@H]2C(=O)N(CCNc3ncc(C(F)(F)F)cc3Cl)C(=O)[C@@H]12. The lowest BCUT2D eigenvalue weighted by atomic mass is 9.97. The van der Waals surface area contributed by atoms with E-state index in [1.54, 1.807) is 0 Å². The van der Waals surface area contributed by atoms with Crippen LogP contribution >= 0.6 is 11.6 Å². The highest BCUT2D eigenvalue weighted by Crippen LogP contribution is 2.33. The summed E-state index contributed by atoms with van der Waals surface area (Å²) in [7, 11) is 0. The van der Waals surface area contributed by atoms with Gasteiger partial charge in [-0.3, -0.25) is 19.3 Å². The number of oxime groups is 1. The minimum absolute atomic E-state index is 0.0123. The molecule has 1 fully saturated rings. The second kappa shape index (κ2) is 6.80. The monoisotopic (exact) mass is 404 g/mol. The van der Waals surface area contributed by atoms with Crippen LogP contribution in [0.15, 0.2) is 17.4 Å². The fourth-order valence-electron chi connectivity index (χ4n) is 2.75. The normalized spacial score (nSPS) is 21.8. The van der Waals surface area contributed by atoms with Crippen molar-refractivity contribution in [2.45, 2.75) is 19.2 Å². The number of carbonyl (C=O) groups is 3. The van der Waals surface area contributed by atoms with Crippen LogP contribution in [0.3, 0.4) is 0 Å². The number of Topliss-reactive ketones (excluding diaryl/α,β-unsaturated/α-hetero) is 1. The van der Waals surface area contributed by atoms with Crippen molar-refractivity contribution in [1.82, 2.24) is 9.88 Å². The maximum Gasteiger partial charge on any atom is 0.417 e. The van der Waals surface area contributed by atoms with E-state index in [4.69, 9.17) is 16.4 Å².